The number of hydrogen-bond donors (Lipinski definition) is 2. The van der Waals surface area contributed by atoms with Crippen molar-refractivity contribution in [2.45, 2.75) is 44.2 Å². The molecule has 2 nitrogen and oxygen atoms in total. The van der Waals surface area contributed by atoms with Crippen LogP contribution in [0.5, 0.6) is 0 Å². The second kappa shape index (κ2) is 6.02. The molecule has 2 heteroatoms. The van der Waals surface area contributed by atoms with Gasteiger partial charge in [-0.2, -0.15) is 0 Å². The van der Waals surface area contributed by atoms with Crippen LogP contribution in [0.4, 0.5) is 0 Å². The molecule has 88 valence electrons. The van der Waals surface area contributed by atoms with E-state index in [9.17, 15) is 0 Å². The molecule has 2 atom stereocenters. The maximum Gasteiger partial charge on any atom is 0.0219 e. The van der Waals surface area contributed by atoms with Gasteiger partial charge >= 0.3 is 0 Å². The summed E-state index contributed by atoms with van der Waals surface area (Å²) in [5, 5.41) is 3.59. The molecule has 0 bridgehead atoms. The summed E-state index contributed by atoms with van der Waals surface area (Å²) in [6.45, 7) is 1.04. The van der Waals surface area contributed by atoms with E-state index in [0.29, 0.717) is 12.1 Å². The molecule has 2 rings (SSSR count). The van der Waals surface area contributed by atoms with Crippen molar-refractivity contribution in [2.24, 2.45) is 5.73 Å². The average molecular weight is 218 g/mol. The van der Waals surface area contributed by atoms with Crippen LogP contribution in [0.2, 0.25) is 0 Å². The molecule has 16 heavy (non-hydrogen) atoms. The Balaban J connectivity index is 1.71. The summed E-state index contributed by atoms with van der Waals surface area (Å²) in [6, 6.07) is 11.5. The summed E-state index contributed by atoms with van der Waals surface area (Å²) in [7, 11) is 0. The first-order valence-corrected chi connectivity index (χ1v) is 6.39. The van der Waals surface area contributed by atoms with Gasteiger partial charge < -0.3 is 11.1 Å². The largest absolute Gasteiger partial charge is 0.326 e. The van der Waals surface area contributed by atoms with Crippen LogP contribution >= 0.6 is 0 Å². The van der Waals surface area contributed by atoms with Gasteiger partial charge in [-0.15, -0.1) is 0 Å². The fourth-order valence-corrected chi connectivity index (χ4v) is 2.46. The predicted molar refractivity (Wildman–Crippen MR) is 68.4 cm³/mol. The average Bonchev–Trinajstić information content (AvgIpc) is 2.33. The fraction of sp³-hybridized carbons (Fsp3) is 0.571. The minimum atomic E-state index is 0.365. The van der Waals surface area contributed by atoms with Crippen molar-refractivity contribution in [1.82, 2.24) is 5.32 Å². The lowest BCUT2D eigenvalue weighted by atomic mass is 9.91. The molecule has 1 aromatic rings. The first kappa shape index (κ1) is 11.6. The molecule has 1 aliphatic rings. The van der Waals surface area contributed by atoms with Crippen LogP contribution in [-0.4, -0.2) is 18.6 Å². The summed E-state index contributed by atoms with van der Waals surface area (Å²) in [5.74, 6) is 0. The first-order valence-electron chi connectivity index (χ1n) is 6.39. The quantitative estimate of drug-likeness (QED) is 0.812. The highest BCUT2D eigenvalue weighted by molar-refractivity contribution is 5.14. The lowest BCUT2D eigenvalue weighted by Gasteiger charge is -2.29. The van der Waals surface area contributed by atoms with Gasteiger partial charge in [0.05, 0.1) is 0 Å². The molecular weight excluding hydrogens is 196 g/mol. The predicted octanol–water partition coefficient (Wildman–Crippen LogP) is 2.09. The number of nitrogens with two attached hydrogens (primary N) is 1. The molecule has 1 saturated carbocycles. The molecule has 1 fully saturated rings. The van der Waals surface area contributed by atoms with Gasteiger partial charge in [-0.1, -0.05) is 43.2 Å². The van der Waals surface area contributed by atoms with Gasteiger partial charge in [0.2, 0.25) is 0 Å². The standard InChI is InChI=1S/C14H22N2/c15-13-8-4-5-9-14(13)16-11-10-12-6-2-1-3-7-12/h1-3,6-7,13-14,16H,4-5,8-11,15H2/t13-,14+/m0/s1. The Morgan fingerprint density at radius 2 is 1.88 bits per heavy atom. The molecular formula is C14H22N2. The molecule has 0 heterocycles. The Labute approximate surface area is 98.2 Å². The Morgan fingerprint density at radius 3 is 2.62 bits per heavy atom. The van der Waals surface area contributed by atoms with Gasteiger partial charge in [0.25, 0.3) is 0 Å². The molecule has 0 radical (unpaired) electrons. The molecule has 1 aliphatic carbocycles. The van der Waals surface area contributed by atoms with Crippen LogP contribution in [-0.2, 0) is 6.42 Å². The Morgan fingerprint density at radius 1 is 1.12 bits per heavy atom. The minimum Gasteiger partial charge on any atom is -0.326 e. The van der Waals surface area contributed by atoms with Gasteiger partial charge in [-0.25, -0.2) is 0 Å². The molecule has 0 unspecified atom stereocenters. The smallest absolute Gasteiger partial charge is 0.0219 e. The lowest BCUT2D eigenvalue weighted by Crippen LogP contribution is -2.47. The second-order valence-corrected chi connectivity index (χ2v) is 4.74. The molecule has 0 saturated heterocycles. The Bertz CT molecular complexity index is 297. The normalized spacial score (nSPS) is 25.6. The van der Waals surface area contributed by atoms with E-state index in [2.05, 4.69) is 35.6 Å². The van der Waals surface area contributed by atoms with E-state index in [1.54, 1.807) is 0 Å². The van der Waals surface area contributed by atoms with Gasteiger partial charge in [-0.3, -0.25) is 0 Å². The monoisotopic (exact) mass is 218 g/mol. The van der Waals surface area contributed by atoms with E-state index in [0.717, 1.165) is 13.0 Å². The number of rotatable bonds is 4. The van der Waals surface area contributed by atoms with Crippen LogP contribution in [0.15, 0.2) is 30.3 Å². The van der Waals surface area contributed by atoms with Crippen molar-refractivity contribution in [3.05, 3.63) is 35.9 Å². The van der Waals surface area contributed by atoms with E-state index < -0.39 is 0 Å². The van der Waals surface area contributed by atoms with E-state index in [-0.39, 0.29) is 0 Å². The fourth-order valence-electron chi connectivity index (χ4n) is 2.46. The molecule has 0 amide bonds. The summed E-state index contributed by atoms with van der Waals surface area (Å²) >= 11 is 0. The molecule has 0 spiro atoms. The summed E-state index contributed by atoms with van der Waals surface area (Å²) in [6.07, 6.45) is 6.16. The lowest BCUT2D eigenvalue weighted by molar-refractivity contribution is 0.329. The van der Waals surface area contributed by atoms with Crippen LogP contribution in [0.25, 0.3) is 0 Å². The van der Waals surface area contributed by atoms with Gasteiger partial charge in [0, 0.05) is 12.1 Å². The van der Waals surface area contributed by atoms with Gasteiger partial charge in [0.1, 0.15) is 0 Å². The molecule has 0 aliphatic heterocycles. The summed E-state index contributed by atoms with van der Waals surface area (Å²) in [4.78, 5) is 0. The Kier molecular flexibility index (Phi) is 4.37. The Hall–Kier alpha value is -0.860. The van der Waals surface area contributed by atoms with Crippen LogP contribution in [0.1, 0.15) is 31.2 Å². The van der Waals surface area contributed by atoms with E-state index in [1.807, 2.05) is 0 Å². The van der Waals surface area contributed by atoms with E-state index in [1.165, 1.54) is 31.2 Å². The van der Waals surface area contributed by atoms with Crippen molar-refractivity contribution in [1.29, 1.82) is 0 Å². The van der Waals surface area contributed by atoms with Crippen molar-refractivity contribution in [3.63, 3.8) is 0 Å². The zero-order valence-electron chi connectivity index (χ0n) is 9.86. The molecule has 0 aromatic heterocycles. The highest BCUT2D eigenvalue weighted by Crippen LogP contribution is 2.16. The van der Waals surface area contributed by atoms with E-state index in [4.69, 9.17) is 5.73 Å². The maximum atomic E-state index is 6.10. The van der Waals surface area contributed by atoms with Crippen molar-refractivity contribution in [2.75, 3.05) is 6.54 Å². The number of nitrogens with one attached hydrogen (secondary N) is 1. The zero-order valence-corrected chi connectivity index (χ0v) is 9.86. The number of hydrogen-bond acceptors (Lipinski definition) is 2. The highest BCUT2D eigenvalue weighted by atomic mass is 14.9. The van der Waals surface area contributed by atoms with Crippen LogP contribution < -0.4 is 11.1 Å². The highest BCUT2D eigenvalue weighted by Gasteiger charge is 2.20. The van der Waals surface area contributed by atoms with Crippen LogP contribution in [0.3, 0.4) is 0 Å². The van der Waals surface area contributed by atoms with Crippen molar-refractivity contribution in [3.8, 4) is 0 Å². The summed E-state index contributed by atoms with van der Waals surface area (Å²) < 4.78 is 0. The van der Waals surface area contributed by atoms with E-state index >= 15 is 0 Å². The van der Waals surface area contributed by atoms with Crippen LogP contribution in [0, 0.1) is 0 Å². The molecule has 1 aromatic carbocycles. The van der Waals surface area contributed by atoms with Gasteiger partial charge in [-0.05, 0) is 31.4 Å². The van der Waals surface area contributed by atoms with Crippen molar-refractivity contribution >= 4 is 0 Å². The SMILES string of the molecule is N[C@H]1CCCC[C@H]1NCCc1ccccc1. The first-order chi connectivity index (χ1) is 7.86. The number of benzene rings is 1. The maximum absolute atomic E-state index is 6.10. The minimum absolute atomic E-state index is 0.365. The third-order valence-electron chi connectivity index (χ3n) is 3.48. The second-order valence-electron chi connectivity index (χ2n) is 4.74. The zero-order chi connectivity index (χ0) is 11.2. The summed E-state index contributed by atoms with van der Waals surface area (Å²) in [5.41, 5.74) is 7.50. The third kappa shape index (κ3) is 3.32. The third-order valence-corrected chi connectivity index (χ3v) is 3.48. The van der Waals surface area contributed by atoms with Gasteiger partial charge in [0.15, 0.2) is 0 Å². The van der Waals surface area contributed by atoms with Crippen molar-refractivity contribution < 1.29 is 0 Å². The molecule has 3 N–H and O–H groups in total. The topological polar surface area (TPSA) is 38.0 Å².